The lowest BCUT2D eigenvalue weighted by molar-refractivity contribution is 0.102. The van der Waals surface area contributed by atoms with Crippen LogP contribution in [0.3, 0.4) is 0 Å². The molecule has 0 aliphatic rings. The molecule has 0 atom stereocenters. The molecule has 0 bridgehead atoms. The molecule has 0 saturated carbocycles. The van der Waals surface area contributed by atoms with Crippen molar-refractivity contribution in [3.8, 4) is 22.5 Å². The molecule has 7 nitrogen and oxygen atoms in total. The number of fused-ring (bicyclic) bond motifs is 1. The Morgan fingerprint density at radius 1 is 1.06 bits per heavy atom. The molecule has 0 unspecified atom stereocenters. The Kier molecular flexibility index (Phi) is 5.33. The van der Waals surface area contributed by atoms with Gasteiger partial charge in [0.2, 0.25) is 0 Å². The number of carbonyl (C=O) groups excluding carboxylic acids is 1. The third-order valence-corrected chi connectivity index (χ3v) is 5.89. The van der Waals surface area contributed by atoms with Crippen molar-refractivity contribution in [2.24, 2.45) is 7.05 Å². The van der Waals surface area contributed by atoms with E-state index in [1.807, 2.05) is 0 Å². The van der Waals surface area contributed by atoms with Crippen LogP contribution in [0.2, 0.25) is 5.02 Å². The van der Waals surface area contributed by atoms with Crippen molar-refractivity contribution in [3.05, 3.63) is 88.7 Å². The van der Waals surface area contributed by atoms with Gasteiger partial charge in [-0.2, -0.15) is 5.10 Å². The fourth-order valence-corrected chi connectivity index (χ4v) is 3.98. The summed E-state index contributed by atoms with van der Waals surface area (Å²) in [4.78, 5) is 12.8. The number of hydrogen-bond donors (Lipinski definition) is 1. The molecule has 0 saturated heterocycles. The van der Waals surface area contributed by atoms with E-state index in [1.165, 1.54) is 22.9 Å². The van der Waals surface area contributed by atoms with E-state index in [1.54, 1.807) is 61.1 Å². The third-order valence-electron chi connectivity index (χ3n) is 5.58. The van der Waals surface area contributed by atoms with Crippen LogP contribution in [-0.4, -0.2) is 30.3 Å². The molecule has 3 aromatic heterocycles. The first-order valence-electron chi connectivity index (χ1n) is 10.2. The molecule has 1 amide bonds. The highest BCUT2D eigenvalue weighted by atomic mass is 35.5. The van der Waals surface area contributed by atoms with Gasteiger partial charge in [0.15, 0.2) is 11.5 Å². The molecule has 5 rings (SSSR count). The van der Waals surface area contributed by atoms with Crippen LogP contribution >= 0.6 is 11.6 Å². The van der Waals surface area contributed by atoms with Gasteiger partial charge in [0.25, 0.3) is 5.91 Å². The number of nitrogens with zero attached hydrogens (tertiary/aromatic N) is 5. The Morgan fingerprint density at radius 3 is 2.62 bits per heavy atom. The number of anilines is 1. The predicted octanol–water partition coefficient (Wildman–Crippen LogP) is 5.29. The van der Waals surface area contributed by atoms with Gasteiger partial charge in [-0.05, 0) is 60.0 Å². The number of benzene rings is 2. The Hall–Kier alpha value is -4.11. The van der Waals surface area contributed by atoms with E-state index in [9.17, 15) is 13.6 Å². The highest BCUT2D eigenvalue weighted by molar-refractivity contribution is 6.33. The van der Waals surface area contributed by atoms with Crippen molar-refractivity contribution < 1.29 is 13.6 Å². The maximum absolute atomic E-state index is 14.8. The summed E-state index contributed by atoms with van der Waals surface area (Å²) >= 11 is 6.19. The average Bonchev–Trinajstić information content (AvgIpc) is 3.41. The molecule has 0 spiro atoms. The quantitative estimate of drug-likeness (QED) is 0.381. The Labute approximate surface area is 197 Å². The number of hydrogen-bond acceptors (Lipinski definition) is 4. The topological polar surface area (TPSA) is 77.1 Å². The predicted molar refractivity (Wildman–Crippen MR) is 125 cm³/mol. The summed E-state index contributed by atoms with van der Waals surface area (Å²) in [6.45, 7) is 1.63. The fraction of sp³-hybridized carbons (Fsp3) is 0.0833. The average molecular weight is 479 g/mol. The summed E-state index contributed by atoms with van der Waals surface area (Å²) < 4.78 is 32.3. The summed E-state index contributed by atoms with van der Waals surface area (Å²) in [5.41, 5.74) is 2.22. The van der Waals surface area contributed by atoms with Gasteiger partial charge in [0, 0.05) is 24.9 Å². The second kappa shape index (κ2) is 8.35. The Morgan fingerprint density at radius 2 is 1.88 bits per heavy atom. The van der Waals surface area contributed by atoms with Crippen LogP contribution in [0.25, 0.3) is 28.2 Å². The van der Waals surface area contributed by atoms with Gasteiger partial charge in [-0.15, -0.1) is 10.2 Å². The van der Waals surface area contributed by atoms with Crippen molar-refractivity contribution >= 4 is 29.0 Å². The van der Waals surface area contributed by atoms with Crippen LogP contribution < -0.4 is 5.32 Å². The zero-order valence-corrected chi connectivity index (χ0v) is 18.8. The summed E-state index contributed by atoms with van der Waals surface area (Å²) in [7, 11) is 1.69. The number of carbonyl (C=O) groups is 1. The second-order valence-electron chi connectivity index (χ2n) is 7.69. The van der Waals surface area contributed by atoms with E-state index in [2.05, 4.69) is 20.6 Å². The Balaban J connectivity index is 1.56. The molecule has 2 aromatic carbocycles. The first-order chi connectivity index (χ1) is 16.3. The SMILES string of the molecule is Cc1c(F)cc(C(=O)Nc2ccnn2C)cc1-c1ccn2c(-c3c(F)cccc3Cl)nnc2c1. The van der Waals surface area contributed by atoms with Gasteiger partial charge in [-0.3, -0.25) is 13.9 Å². The molecule has 0 fully saturated rings. The first-order valence-corrected chi connectivity index (χ1v) is 10.6. The lowest BCUT2D eigenvalue weighted by Gasteiger charge is -2.12. The van der Waals surface area contributed by atoms with Gasteiger partial charge < -0.3 is 5.32 Å². The molecule has 10 heteroatoms. The summed E-state index contributed by atoms with van der Waals surface area (Å²) in [5.74, 6) is -0.777. The van der Waals surface area contributed by atoms with Gasteiger partial charge in [0.05, 0.1) is 16.8 Å². The van der Waals surface area contributed by atoms with Crippen LogP contribution in [0.15, 0.2) is 60.9 Å². The normalized spacial score (nSPS) is 11.2. The summed E-state index contributed by atoms with van der Waals surface area (Å²) in [6, 6.07) is 12.2. The standard InChI is InChI=1S/C24H17ClF2N6O/c1-13-16(10-15(11-19(13)27)24(34)29-20-6-8-28-32(20)2)14-7-9-33-21(12-14)30-31-23(33)22-17(25)4-3-5-18(22)26/h3-12H,1-2H3,(H,29,34). The van der Waals surface area contributed by atoms with Crippen molar-refractivity contribution in [3.63, 3.8) is 0 Å². The number of halogens is 3. The first kappa shape index (κ1) is 21.7. The second-order valence-corrected chi connectivity index (χ2v) is 8.10. The van der Waals surface area contributed by atoms with E-state index >= 15 is 0 Å². The summed E-state index contributed by atoms with van der Waals surface area (Å²) in [5, 5.41) is 15.2. The molecule has 3 heterocycles. The molecule has 170 valence electrons. The van der Waals surface area contributed by atoms with Crippen LogP contribution in [0.1, 0.15) is 15.9 Å². The molecular formula is C24H17ClF2N6O. The number of nitrogens with one attached hydrogen (secondary N) is 1. The van der Waals surface area contributed by atoms with Crippen molar-refractivity contribution in [1.82, 2.24) is 24.4 Å². The van der Waals surface area contributed by atoms with Gasteiger partial charge in [-0.25, -0.2) is 8.78 Å². The van der Waals surface area contributed by atoms with Gasteiger partial charge in [0.1, 0.15) is 17.5 Å². The lowest BCUT2D eigenvalue weighted by atomic mass is 9.98. The minimum Gasteiger partial charge on any atom is -0.307 e. The van der Waals surface area contributed by atoms with Crippen LogP contribution in [0.5, 0.6) is 0 Å². The van der Waals surface area contributed by atoms with Gasteiger partial charge in [-0.1, -0.05) is 17.7 Å². The lowest BCUT2D eigenvalue weighted by Crippen LogP contribution is -2.15. The maximum Gasteiger partial charge on any atom is 0.256 e. The number of aromatic nitrogens is 5. The zero-order valence-electron chi connectivity index (χ0n) is 18.1. The number of amides is 1. The maximum atomic E-state index is 14.8. The minimum atomic E-state index is -0.521. The molecule has 5 aromatic rings. The number of pyridine rings is 1. The van der Waals surface area contributed by atoms with Crippen molar-refractivity contribution in [2.75, 3.05) is 5.32 Å². The minimum absolute atomic E-state index is 0.139. The number of aryl methyl sites for hydroxylation is 1. The van der Waals surface area contributed by atoms with E-state index in [-0.39, 0.29) is 22.0 Å². The van der Waals surface area contributed by atoms with Crippen LogP contribution in [0, 0.1) is 18.6 Å². The van der Waals surface area contributed by atoms with E-state index in [4.69, 9.17) is 11.6 Å². The van der Waals surface area contributed by atoms with E-state index in [0.717, 1.165) is 0 Å². The molecule has 0 aliphatic carbocycles. The highest BCUT2D eigenvalue weighted by Gasteiger charge is 2.18. The number of rotatable bonds is 4. The molecule has 0 radical (unpaired) electrons. The fourth-order valence-electron chi connectivity index (χ4n) is 3.74. The Bertz CT molecular complexity index is 1560. The largest absolute Gasteiger partial charge is 0.307 e. The molecular weight excluding hydrogens is 462 g/mol. The molecule has 0 aliphatic heterocycles. The zero-order chi connectivity index (χ0) is 24.0. The third kappa shape index (κ3) is 3.69. The van der Waals surface area contributed by atoms with Crippen LogP contribution in [-0.2, 0) is 7.05 Å². The van der Waals surface area contributed by atoms with Crippen LogP contribution in [0.4, 0.5) is 14.6 Å². The monoisotopic (exact) mass is 478 g/mol. The smallest absolute Gasteiger partial charge is 0.256 e. The molecule has 34 heavy (non-hydrogen) atoms. The van der Waals surface area contributed by atoms with E-state index < -0.39 is 17.5 Å². The van der Waals surface area contributed by atoms with Crippen molar-refractivity contribution in [1.29, 1.82) is 0 Å². The molecule has 1 N–H and O–H groups in total. The van der Waals surface area contributed by atoms with E-state index in [0.29, 0.717) is 28.2 Å². The summed E-state index contributed by atoms with van der Waals surface area (Å²) in [6.07, 6.45) is 3.20. The highest BCUT2D eigenvalue weighted by Crippen LogP contribution is 2.32. The van der Waals surface area contributed by atoms with Crippen molar-refractivity contribution in [2.45, 2.75) is 6.92 Å². The van der Waals surface area contributed by atoms with Gasteiger partial charge >= 0.3 is 0 Å².